The molecule has 0 aromatic heterocycles. The number of nitrogens with one attached hydrogen (secondary N) is 1. The van der Waals surface area contributed by atoms with Crippen molar-refractivity contribution in [2.45, 2.75) is 6.92 Å². The highest BCUT2D eigenvalue weighted by atomic mass is 79.9. The lowest BCUT2D eigenvalue weighted by Crippen LogP contribution is -2.33. The van der Waals surface area contributed by atoms with Gasteiger partial charge in [0.05, 0.1) is 16.6 Å². The maximum atomic E-state index is 11.9. The summed E-state index contributed by atoms with van der Waals surface area (Å²) in [6.07, 6.45) is 0. The third kappa shape index (κ3) is 3.96. The SMILES string of the molecule is COc1ccc(C(=O)NCC(C)C(N)=S)cc1Br. The summed E-state index contributed by atoms with van der Waals surface area (Å²) in [7, 11) is 1.57. The van der Waals surface area contributed by atoms with Gasteiger partial charge in [0.1, 0.15) is 5.75 Å². The van der Waals surface area contributed by atoms with Gasteiger partial charge in [-0.05, 0) is 34.1 Å². The first kappa shape index (κ1) is 14.9. The first-order valence-electron chi connectivity index (χ1n) is 5.36. The van der Waals surface area contributed by atoms with Gasteiger partial charge >= 0.3 is 0 Å². The molecule has 6 heteroatoms. The number of carbonyl (C=O) groups is 1. The Bertz CT molecular complexity index is 465. The molecule has 0 fully saturated rings. The normalized spacial score (nSPS) is 11.7. The van der Waals surface area contributed by atoms with Crippen molar-refractivity contribution in [1.29, 1.82) is 0 Å². The van der Waals surface area contributed by atoms with E-state index in [-0.39, 0.29) is 11.8 Å². The number of methoxy groups -OCH3 is 1. The number of benzene rings is 1. The molecule has 0 aliphatic heterocycles. The molecule has 1 rings (SSSR count). The van der Waals surface area contributed by atoms with Crippen molar-refractivity contribution in [1.82, 2.24) is 5.32 Å². The van der Waals surface area contributed by atoms with Crippen molar-refractivity contribution in [2.24, 2.45) is 11.7 Å². The van der Waals surface area contributed by atoms with Gasteiger partial charge in [-0.3, -0.25) is 4.79 Å². The molecule has 4 nitrogen and oxygen atoms in total. The number of hydrogen-bond donors (Lipinski definition) is 2. The van der Waals surface area contributed by atoms with Crippen LogP contribution in [0.4, 0.5) is 0 Å². The van der Waals surface area contributed by atoms with Crippen molar-refractivity contribution in [2.75, 3.05) is 13.7 Å². The standard InChI is InChI=1S/C12H15BrN2O2S/c1-7(11(14)18)6-15-12(16)8-3-4-10(17-2)9(13)5-8/h3-5,7H,6H2,1-2H3,(H2,14,18)(H,15,16). The van der Waals surface area contributed by atoms with Crippen LogP contribution in [0.25, 0.3) is 0 Å². The Morgan fingerprint density at radius 2 is 2.28 bits per heavy atom. The van der Waals surface area contributed by atoms with E-state index in [9.17, 15) is 4.79 Å². The Hall–Kier alpha value is -1.14. The molecule has 3 N–H and O–H groups in total. The largest absolute Gasteiger partial charge is 0.496 e. The maximum Gasteiger partial charge on any atom is 0.251 e. The predicted molar refractivity (Wildman–Crippen MR) is 79.0 cm³/mol. The molecule has 1 amide bonds. The van der Waals surface area contributed by atoms with E-state index in [0.29, 0.717) is 22.8 Å². The molecule has 0 aliphatic rings. The summed E-state index contributed by atoms with van der Waals surface area (Å²) in [5, 5.41) is 2.78. The van der Waals surface area contributed by atoms with Crippen LogP contribution in [0.1, 0.15) is 17.3 Å². The van der Waals surface area contributed by atoms with Gasteiger partial charge in [-0.1, -0.05) is 19.1 Å². The molecule has 98 valence electrons. The highest BCUT2D eigenvalue weighted by Crippen LogP contribution is 2.25. The number of rotatable bonds is 5. The van der Waals surface area contributed by atoms with Gasteiger partial charge in [0.2, 0.25) is 0 Å². The number of halogens is 1. The molecule has 0 bridgehead atoms. The summed E-state index contributed by atoms with van der Waals surface area (Å²) in [6, 6.07) is 5.14. The molecular formula is C12H15BrN2O2S. The van der Waals surface area contributed by atoms with E-state index in [1.54, 1.807) is 25.3 Å². The van der Waals surface area contributed by atoms with Crippen LogP contribution in [0.3, 0.4) is 0 Å². The minimum atomic E-state index is -0.165. The van der Waals surface area contributed by atoms with Gasteiger partial charge in [-0.2, -0.15) is 0 Å². The van der Waals surface area contributed by atoms with E-state index in [1.165, 1.54) is 0 Å². The Morgan fingerprint density at radius 3 is 2.78 bits per heavy atom. The fourth-order valence-corrected chi connectivity index (χ4v) is 1.88. The Kier molecular flexibility index (Phi) is 5.55. The molecule has 0 aliphatic carbocycles. The van der Waals surface area contributed by atoms with Crippen LogP contribution in [0, 0.1) is 5.92 Å². The van der Waals surface area contributed by atoms with Crippen LogP contribution < -0.4 is 15.8 Å². The van der Waals surface area contributed by atoms with Crippen molar-refractivity contribution < 1.29 is 9.53 Å². The lowest BCUT2D eigenvalue weighted by Gasteiger charge is -2.11. The predicted octanol–water partition coefficient (Wildman–Crippen LogP) is 2.11. The summed E-state index contributed by atoms with van der Waals surface area (Å²) in [6.45, 7) is 2.30. The Balaban J connectivity index is 2.67. The minimum Gasteiger partial charge on any atom is -0.496 e. The molecule has 0 heterocycles. The molecule has 18 heavy (non-hydrogen) atoms. The van der Waals surface area contributed by atoms with Crippen molar-refractivity contribution >= 4 is 39.0 Å². The van der Waals surface area contributed by atoms with E-state index in [2.05, 4.69) is 21.2 Å². The topological polar surface area (TPSA) is 64.3 Å². The van der Waals surface area contributed by atoms with Gasteiger partial charge in [0.15, 0.2) is 0 Å². The third-order valence-corrected chi connectivity index (χ3v) is 3.49. The van der Waals surface area contributed by atoms with Gasteiger partial charge < -0.3 is 15.8 Å². The van der Waals surface area contributed by atoms with Gasteiger partial charge in [0.25, 0.3) is 5.91 Å². The van der Waals surface area contributed by atoms with E-state index >= 15 is 0 Å². The molecule has 0 radical (unpaired) electrons. The number of hydrogen-bond acceptors (Lipinski definition) is 3. The first-order chi connectivity index (χ1) is 8.45. The Morgan fingerprint density at radius 1 is 1.61 bits per heavy atom. The van der Waals surface area contributed by atoms with E-state index in [0.717, 1.165) is 4.47 Å². The summed E-state index contributed by atoms with van der Waals surface area (Å²) < 4.78 is 5.83. The number of thiocarbonyl (C=S) groups is 1. The lowest BCUT2D eigenvalue weighted by atomic mass is 10.1. The van der Waals surface area contributed by atoms with Crippen molar-refractivity contribution in [3.63, 3.8) is 0 Å². The van der Waals surface area contributed by atoms with Crippen LogP contribution in [-0.4, -0.2) is 24.6 Å². The fourth-order valence-electron chi connectivity index (χ4n) is 1.26. The van der Waals surface area contributed by atoms with Crippen LogP contribution in [0.5, 0.6) is 5.75 Å². The fraction of sp³-hybridized carbons (Fsp3) is 0.333. The van der Waals surface area contributed by atoms with Crippen molar-refractivity contribution in [3.05, 3.63) is 28.2 Å². The monoisotopic (exact) mass is 330 g/mol. The number of amides is 1. The van der Waals surface area contributed by atoms with Gasteiger partial charge in [0, 0.05) is 18.0 Å². The molecule has 1 aromatic rings. The number of nitrogens with two attached hydrogens (primary N) is 1. The van der Waals surface area contributed by atoms with Crippen molar-refractivity contribution in [3.8, 4) is 5.75 Å². The number of ether oxygens (including phenoxy) is 1. The minimum absolute atomic E-state index is 0.0226. The number of carbonyl (C=O) groups excluding carboxylic acids is 1. The van der Waals surface area contributed by atoms with E-state index in [1.807, 2.05) is 6.92 Å². The quantitative estimate of drug-likeness (QED) is 0.811. The van der Waals surface area contributed by atoms with Crippen LogP contribution in [-0.2, 0) is 0 Å². The molecule has 0 saturated carbocycles. The van der Waals surface area contributed by atoms with Crippen LogP contribution in [0.2, 0.25) is 0 Å². The van der Waals surface area contributed by atoms with Gasteiger partial charge in [-0.25, -0.2) is 0 Å². The highest BCUT2D eigenvalue weighted by Gasteiger charge is 2.11. The maximum absolute atomic E-state index is 11.9. The second-order valence-electron chi connectivity index (χ2n) is 3.86. The molecular weight excluding hydrogens is 316 g/mol. The van der Waals surface area contributed by atoms with Crippen LogP contribution >= 0.6 is 28.1 Å². The molecule has 0 spiro atoms. The molecule has 1 atom stereocenters. The van der Waals surface area contributed by atoms with E-state index in [4.69, 9.17) is 22.7 Å². The molecule has 1 unspecified atom stereocenters. The van der Waals surface area contributed by atoms with Gasteiger partial charge in [-0.15, -0.1) is 0 Å². The first-order valence-corrected chi connectivity index (χ1v) is 6.57. The summed E-state index contributed by atoms with van der Waals surface area (Å²) in [4.78, 5) is 12.3. The second kappa shape index (κ2) is 6.70. The lowest BCUT2D eigenvalue weighted by molar-refractivity contribution is 0.0951. The highest BCUT2D eigenvalue weighted by molar-refractivity contribution is 9.10. The molecule has 1 aromatic carbocycles. The summed E-state index contributed by atoms with van der Waals surface area (Å²) in [5.41, 5.74) is 6.03. The van der Waals surface area contributed by atoms with Crippen LogP contribution in [0.15, 0.2) is 22.7 Å². The zero-order valence-corrected chi connectivity index (χ0v) is 12.6. The Labute approximate surface area is 120 Å². The average Bonchev–Trinajstić information content (AvgIpc) is 2.35. The summed E-state index contributed by atoms with van der Waals surface area (Å²) in [5.74, 6) is 0.496. The zero-order valence-electron chi connectivity index (χ0n) is 10.2. The van der Waals surface area contributed by atoms with E-state index < -0.39 is 0 Å². The summed E-state index contributed by atoms with van der Waals surface area (Å²) >= 11 is 8.18. The molecule has 0 saturated heterocycles. The zero-order chi connectivity index (χ0) is 13.7. The third-order valence-electron chi connectivity index (χ3n) is 2.47. The smallest absolute Gasteiger partial charge is 0.251 e. The second-order valence-corrected chi connectivity index (χ2v) is 5.19. The average molecular weight is 331 g/mol.